The fraction of sp³-hybridized carbons (Fsp3) is 0.500. The largest absolute Gasteiger partial charge is 0.337 e. The van der Waals surface area contributed by atoms with Crippen LogP contribution in [0.1, 0.15) is 24.4 Å². The molecule has 6 heteroatoms. The lowest BCUT2D eigenvalue weighted by molar-refractivity contribution is -0.136. The summed E-state index contributed by atoms with van der Waals surface area (Å²) in [5, 5.41) is 0. The molecule has 2 fully saturated rings. The summed E-state index contributed by atoms with van der Waals surface area (Å²) in [4.78, 5) is 26.1. The summed E-state index contributed by atoms with van der Waals surface area (Å²) in [5.41, 5.74) is 0.769. The molecule has 6 nitrogen and oxygen atoms in total. The lowest BCUT2D eigenvalue weighted by Gasteiger charge is -2.23. The first kappa shape index (κ1) is 15.3. The van der Waals surface area contributed by atoms with Crippen molar-refractivity contribution in [1.82, 2.24) is 24.3 Å². The second kappa shape index (κ2) is 6.02. The predicted octanol–water partition coefficient (Wildman–Crippen LogP) is 1.44. The minimum atomic E-state index is -0.194. The summed E-state index contributed by atoms with van der Waals surface area (Å²) < 4.78 is 2.05. The molecule has 0 aromatic carbocycles. The van der Waals surface area contributed by atoms with Crippen LogP contribution < -0.4 is 0 Å². The third kappa shape index (κ3) is 2.71. The lowest BCUT2D eigenvalue weighted by Crippen LogP contribution is -2.36. The SMILES string of the molecule is Cn1ccnc1CN1CC[C@@]2(CCN(Cc3ccccn3)C2=O)C1. The minimum Gasteiger partial charge on any atom is -0.337 e. The molecule has 0 aliphatic carbocycles. The van der Waals surface area contributed by atoms with Crippen molar-refractivity contribution in [2.24, 2.45) is 12.5 Å². The molecule has 2 aromatic rings. The molecule has 0 unspecified atom stereocenters. The smallest absolute Gasteiger partial charge is 0.230 e. The Morgan fingerprint density at radius 2 is 2.00 bits per heavy atom. The van der Waals surface area contributed by atoms with E-state index >= 15 is 0 Å². The molecule has 0 N–H and O–H groups in total. The van der Waals surface area contributed by atoms with Crippen LogP contribution in [0, 0.1) is 5.41 Å². The highest BCUT2D eigenvalue weighted by Gasteiger charge is 2.50. The van der Waals surface area contributed by atoms with E-state index in [0.717, 1.165) is 50.5 Å². The van der Waals surface area contributed by atoms with Crippen molar-refractivity contribution in [3.05, 3.63) is 48.3 Å². The van der Waals surface area contributed by atoms with Crippen molar-refractivity contribution in [1.29, 1.82) is 0 Å². The second-order valence-corrected chi connectivity index (χ2v) is 6.99. The number of hydrogen-bond acceptors (Lipinski definition) is 4. The van der Waals surface area contributed by atoms with E-state index in [9.17, 15) is 4.79 Å². The van der Waals surface area contributed by atoms with E-state index in [0.29, 0.717) is 12.5 Å². The van der Waals surface area contributed by atoms with Gasteiger partial charge in [0.1, 0.15) is 5.82 Å². The van der Waals surface area contributed by atoms with Gasteiger partial charge in [0.2, 0.25) is 5.91 Å². The van der Waals surface area contributed by atoms with Crippen LogP contribution in [0.15, 0.2) is 36.8 Å². The van der Waals surface area contributed by atoms with Crippen molar-refractivity contribution >= 4 is 5.91 Å². The number of carbonyl (C=O) groups is 1. The predicted molar refractivity (Wildman–Crippen MR) is 89.8 cm³/mol. The molecule has 1 atom stereocenters. The van der Waals surface area contributed by atoms with Crippen LogP contribution in [0.3, 0.4) is 0 Å². The second-order valence-electron chi connectivity index (χ2n) is 6.99. The standard InChI is InChI=1S/C18H23N5O/c1-21-11-8-20-16(21)13-22-9-5-18(14-22)6-10-23(17(18)24)12-15-4-2-3-7-19-15/h2-4,7-8,11H,5-6,9-10,12-14H2,1H3/t18-/m1/s1. The fourth-order valence-corrected chi connectivity index (χ4v) is 3.95. The minimum absolute atomic E-state index is 0.194. The van der Waals surface area contributed by atoms with Crippen molar-refractivity contribution in [2.75, 3.05) is 19.6 Å². The quantitative estimate of drug-likeness (QED) is 0.853. The van der Waals surface area contributed by atoms with E-state index in [-0.39, 0.29) is 5.41 Å². The van der Waals surface area contributed by atoms with Crippen LogP contribution in [-0.4, -0.2) is 49.9 Å². The molecule has 2 aliphatic heterocycles. The number of pyridine rings is 1. The number of likely N-dealkylation sites (tertiary alicyclic amines) is 2. The van der Waals surface area contributed by atoms with Gasteiger partial charge in [0.25, 0.3) is 0 Å². The normalized spacial score (nSPS) is 24.4. The van der Waals surface area contributed by atoms with Crippen LogP contribution in [0.2, 0.25) is 0 Å². The van der Waals surface area contributed by atoms with E-state index in [1.165, 1.54) is 0 Å². The third-order valence-electron chi connectivity index (χ3n) is 5.40. The molecule has 1 spiro atoms. The Bertz CT molecular complexity index is 728. The van der Waals surface area contributed by atoms with E-state index in [2.05, 4.69) is 19.4 Å². The van der Waals surface area contributed by atoms with Gasteiger partial charge in [-0.2, -0.15) is 0 Å². The topological polar surface area (TPSA) is 54.3 Å². The molecular weight excluding hydrogens is 302 g/mol. The number of aromatic nitrogens is 3. The Kier molecular flexibility index (Phi) is 3.84. The van der Waals surface area contributed by atoms with Crippen molar-refractivity contribution in [3.63, 3.8) is 0 Å². The highest BCUT2D eigenvalue weighted by atomic mass is 16.2. The van der Waals surface area contributed by atoms with Gasteiger partial charge in [-0.15, -0.1) is 0 Å². The van der Waals surface area contributed by atoms with Crippen LogP contribution >= 0.6 is 0 Å². The zero-order valence-electron chi connectivity index (χ0n) is 14.1. The number of rotatable bonds is 4. The molecule has 1 amide bonds. The van der Waals surface area contributed by atoms with Gasteiger partial charge in [0.15, 0.2) is 0 Å². The van der Waals surface area contributed by atoms with Gasteiger partial charge < -0.3 is 9.47 Å². The summed E-state index contributed by atoms with van der Waals surface area (Å²) in [6.45, 7) is 4.10. The molecule has 0 bridgehead atoms. The molecule has 4 heterocycles. The monoisotopic (exact) mass is 325 g/mol. The summed E-state index contributed by atoms with van der Waals surface area (Å²) in [5.74, 6) is 1.36. The zero-order chi connectivity index (χ0) is 16.6. The van der Waals surface area contributed by atoms with Crippen molar-refractivity contribution in [3.8, 4) is 0 Å². The van der Waals surface area contributed by atoms with Gasteiger partial charge in [-0.25, -0.2) is 4.98 Å². The number of hydrogen-bond donors (Lipinski definition) is 0. The highest BCUT2D eigenvalue weighted by Crippen LogP contribution is 2.41. The molecule has 4 rings (SSSR count). The fourth-order valence-electron chi connectivity index (χ4n) is 3.95. The molecular formula is C18H23N5O. The van der Waals surface area contributed by atoms with Gasteiger partial charge in [0, 0.05) is 38.7 Å². The Morgan fingerprint density at radius 1 is 1.12 bits per heavy atom. The first-order chi connectivity index (χ1) is 11.7. The van der Waals surface area contributed by atoms with E-state index in [4.69, 9.17) is 0 Å². The molecule has 126 valence electrons. The van der Waals surface area contributed by atoms with Crippen molar-refractivity contribution in [2.45, 2.75) is 25.9 Å². The first-order valence-corrected chi connectivity index (χ1v) is 8.54. The molecule has 2 saturated heterocycles. The Labute approximate surface area is 142 Å². The summed E-state index contributed by atoms with van der Waals surface area (Å²) >= 11 is 0. The van der Waals surface area contributed by atoms with Crippen LogP contribution in [-0.2, 0) is 24.9 Å². The van der Waals surface area contributed by atoms with E-state index in [1.807, 2.05) is 42.5 Å². The van der Waals surface area contributed by atoms with E-state index < -0.39 is 0 Å². The van der Waals surface area contributed by atoms with E-state index in [1.54, 1.807) is 6.20 Å². The van der Waals surface area contributed by atoms with Gasteiger partial charge in [-0.1, -0.05) is 6.07 Å². The Balaban J connectivity index is 1.41. The summed E-state index contributed by atoms with van der Waals surface area (Å²) in [6.07, 6.45) is 7.49. The summed E-state index contributed by atoms with van der Waals surface area (Å²) in [7, 11) is 2.02. The lowest BCUT2D eigenvalue weighted by atomic mass is 9.85. The molecule has 0 saturated carbocycles. The number of nitrogens with zero attached hydrogens (tertiary/aromatic N) is 5. The molecule has 0 radical (unpaired) electrons. The molecule has 24 heavy (non-hydrogen) atoms. The third-order valence-corrected chi connectivity index (χ3v) is 5.40. The van der Waals surface area contributed by atoms with Gasteiger partial charge >= 0.3 is 0 Å². The molecule has 2 aromatic heterocycles. The number of amides is 1. The van der Waals surface area contributed by atoms with Crippen LogP contribution in [0.25, 0.3) is 0 Å². The van der Waals surface area contributed by atoms with Crippen LogP contribution in [0.4, 0.5) is 0 Å². The maximum atomic E-state index is 13.0. The maximum Gasteiger partial charge on any atom is 0.230 e. The first-order valence-electron chi connectivity index (χ1n) is 8.54. The van der Waals surface area contributed by atoms with Gasteiger partial charge in [-0.3, -0.25) is 14.7 Å². The molecule has 2 aliphatic rings. The maximum absolute atomic E-state index is 13.0. The average molecular weight is 325 g/mol. The highest BCUT2D eigenvalue weighted by molar-refractivity contribution is 5.85. The summed E-state index contributed by atoms with van der Waals surface area (Å²) in [6, 6.07) is 5.87. The Hall–Kier alpha value is -2.21. The number of imidazole rings is 1. The Morgan fingerprint density at radius 3 is 2.75 bits per heavy atom. The van der Waals surface area contributed by atoms with Gasteiger partial charge in [-0.05, 0) is 31.5 Å². The van der Waals surface area contributed by atoms with Crippen LogP contribution in [0.5, 0.6) is 0 Å². The van der Waals surface area contributed by atoms with Crippen molar-refractivity contribution < 1.29 is 4.79 Å². The van der Waals surface area contributed by atoms with Gasteiger partial charge in [0.05, 0.1) is 24.2 Å². The number of carbonyl (C=O) groups excluding carboxylic acids is 1. The average Bonchev–Trinajstić information content (AvgIpc) is 3.27. The number of aryl methyl sites for hydroxylation is 1. The zero-order valence-corrected chi connectivity index (χ0v) is 14.1.